The van der Waals surface area contributed by atoms with E-state index in [4.69, 9.17) is 0 Å². The SMILES string of the molecule is Cc1ccc2cc([C@@H](c3nnnn3C(C)(C)C)N(Cc3ccccc3)Cc3ccc(F)cc3)c(=O)[nH]c2c1. The topological polar surface area (TPSA) is 79.7 Å². The monoisotopic (exact) mass is 510 g/mol. The number of aryl methyl sites for hydroxylation is 1. The highest BCUT2D eigenvalue weighted by molar-refractivity contribution is 5.79. The van der Waals surface area contributed by atoms with Gasteiger partial charge in [0.2, 0.25) is 0 Å². The fourth-order valence-electron chi connectivity index (χ4n) is 4.76. The van der Waals surface area contributed by atoms with Crippen LogP contribution in [0.4, 0.5) is 4.39 Å². The lowest BCUT2D eigenvalue weighted by Gasteiger charge is -2.33. The van der Waals surface area contributed by atoms with Crippen LogP contribution in [0.25, 0.3) is 10.9 Å². The van der Waals surface area contributed by atoms with E-state index in [2.05, 4.69) is 37.5 Å². The second kappa shape index (κ2) is 10.3. The van der Waals surface area contributed by atoms with Gasteiger partial charge in [-0.2, -0.15) is 0 Å². The second-order valence-electron chi connectivity index (χ2n) is 10.7. The van der Waals surface area contributed by atoms with Crippen LogP contribution in [-0.4, -0.2) is 30.1 Å². The zero-order valence-corrected chi connectivity index (χ0v) is 22.0. The van der Waals surface area contributed by atoms with Crippen LogP contribution in [0.2, 0.25) is 0 Å². The van der Waals surface area contributed by atoms with Gasteiger partial charge in [0.1, 0.15) is 11.9 Å². The number of H-pyrrole nitrogens is 1. The van der Waals surface area contributed by atoms with Crippen LogP contribution in [0.3, 0.4) is 0 Å². The van der Waals surface area contributed by atoms with Gasteiger partial charge in [-0.25, -0.2) is 9.07 Å². The lowest BCUT2D eigenvalue weighted by atomic mass is 10.00. The van der Waals surface area contributed by atoms with Crippen LogP contribution >= 0.6 is 0 Å². The summed E-state index contributed by atoms with van der Waals surface area (Å²) < 4.78 is 15.5. The Labute approximate surface area is 220 Å². The minimum Gasteiger partial charge on any atom is -0.322 e. The maximum atomic E-state index is 13.7. The smallest absolute Gasteiger partial charge is 0.253 e. The molecule has 0 radical (unpaired) electrons. The van der Waals surface area contributed by atoms with Gasteiger partial charge in [-0.05, 0) is 84.5 Å². The average molecular weight is 511 g/mol. The molecular formula is C30H31FN6O. The third-order valence-electron chi connectivity index (χ3n) is 6.59. The molecule has 0 saturated heterocycles. The fourth-order valence-corrected chi connectivity index (χ4v) is 4.76. The molecule has 0 aliphatic rings. The van der Waals surface area contributed by atoms with Crippen molar-refractivity contribution < 1.29 is 4.39 Å². The molecule has 3 aromatic carbocycles. The molecule has 7 nitrogen and oxygen atoms in total. The van der Waals surface area contributed by atoms with Gasteiger partial charge in [-0.15, -0.1) is 5.10 Å². The fraction of sp³-hybridized carbons (Fsp3) is 0.267. The van der Waals surface area contributed by atoms with Gasteiger partial charge in [0.25, 0.3) is 5.56 Å². The second-order valence-corrected chi connectivity index (χ2v) is 10.7. The predicted molar refractivity (Wildman–Crippen MR) is 146 cm³/mol. The zero-order chi connectivity index (χ0) is 26.9. The van der Waals surface area contributed by atoms with E-state index in [0.717, 1.165) is 27.6 Å². The highest BCUT2D eigenvalue weighted by Crippen LogP contribution is 2.32. The first kappa shape index (κ1) is 25.5. The summed E-state index contributed by atoms with van der Waals surface area (Å²) in [6.07, 6.45) is 0. The highest BCUT2D eigenvalue weighted by Gasteiger charge is 2.33. The minimum atomic E-state index is -0.580. The third kappa shape index (κ3) is 5.40. The molecule has 0 aliphatic carbocycles. The summed E-state index contributed by atoms with van der Waals surface area (Å²) in [5.41, 5.74) is 3.74. The molecule has 0 aliphatic heterocycles. The van der Waals surface area contributed by atoms with E-state index in [1.165, 1.54) is 12.1 Å². The Balaban J connectivity index is 1.72. The third-order valence-corrected chi connectivity index (χ3v) is 6.59. The van der Waals surface area contributed by atoms with Crippen LogP contribution < -0.4 is 5.56 Å². The quantitative estimate of drug-likeness (QED) is 0.312. The van der Waals surface area contributed by atoms with Crippen LogP contribution in [0.5, 0.6) is 0 Å². The summed E-state index contributed by atoms with van der Waals surface area (Å²) >= 11 is 0. The lowest BCUT2D eigenvalue weighted by molar-refractivity contribution is 0.184. The lowest BCUT2D eigenvalue weighted by Crippen LogP contribution is -2.37. The summed E-state index contributed by atoms with van der Waals surface area (Å²) in [5, 5.41) is 13.7. The molecule has 5 rings (SSSR count). The summed E-state index contributed by atoms with van der Waals surface area (Å²) in [6, 6.07) is 23.9. The molecular weight excluding hydrogens is 479 g/mol. The van der Waals surface area contributed by atoms with E-state index in [1.54, 1.807) is 16.8 Å². The van der Waals surface area contributed by atoms with Crippen molar-refractivity contribution in [1.82, 2.24) is 30.1 Å². The summed E-state index contributed by atoms with van der Waals surface area (Å²) in [7, 11) is 0. The Morgan fingerprint density at radius 2 is 1.63 bits per heavy atom. The largest absolute Gasteiger partial charge is 0.322 e. The number of nitrogens with one attached hydrogen (secondary N) is 1. The van der Waals surface area contributed by atoms with Crippen LogP contribution in [0.15, 0.2) is 83.7 Å². The number of rotatable bonds is 7. The number of fused-ring (bicyclic) bond motifs is 1. The minimum absolute atomic E-state index is 0.200. The number of hydrogen-bond acceptors (Lipinski definition) is 5. The number of aromatic nitrogens is 5. The Morgan fingerprint density at radius 1 is 0.947 bits per heavy atom. The molecule has 0 bridgehead atoms. The van der Waals surface area contributed by atoms with Crippen molar-refractivity contribution in [2.75, 3.05) is 0 Å². The van der Waals surface area contributed by atoms with Crippen molar-refractivity contribution in [1.29, 1.82) is 0 Å². The molecule has 2 aromatic heterocycles. The standard InChI is InChI=1S/C30H31FN6O/c1-20-10-13-23-17-25(29(38)32-26(23)16-20)27(28-33-34-35-37(28)30(2,3)4)36(18-21-8-6-5-7-9-21)19-22-11-14-24(31)15-12-22/h5-17,27H,18-19H2,1-4H3,(H,32,38)/t27-/m0/s1. The van der Waals surface area contributed by atoms with E-state index in [9.17, 15) is 9.18 Å². The first-order chi connectivity index (χ1) is 18.2. The van der Waals surface area contributed by atoms with Gasteiger partial charge in [0.05, 0.1) is 5.54 Å². The first-order valence-electron chi connectivity index (χ1n) is 12.6. The Bertz CT molecular complexity index is 1600. The number of halogens is 1. The van der Waals surface area contributed by atoms with Gasteiger partial charge >= 0.3 is 0 Å². The number of pyridine rings is 1. The Morgan fingerprint density at radius 3 is 2.32 bits per heavy atom. The summed E-state index contributed by atoms with van der Waals surface area (Å²) in [4.78, 5) is 18.9. The molecule has 1 atom stereocenters. The number of hydrogen-bond donors (Lipinski definition) is 1. The summed E-state index contributed by atoms with van der Waals surface area (Å²) in [5.74, 6) is 0.269. The highest BCUT2D eigenvalue weighted by atomic mass is 19.1. The van der Waals surface area contributed by atoms with Crippen molar-refractivity contribution in [3.05, 3.63) is 123 Å². The molecule has 0 spiro atoms. The van der Waals surface area contributed by atoms with Gasteiger partial charge in [-0.3, -0.25) is 9.69 Å². The van der Waals surface area contributed by atoms with E-state index in [0.29, 0.717) is 24.5 Å². The zero-order valence-electron chi connectivity index (χ0n) is 22.0. The molecule has 8 heteroatoms. The molecule has 194 valence electrons. The molecule has 5 aromatic rings. The average Bonchev–Trinajstić information content (AvgIpc) is 3.37. The number of tetrazole rings is 1. The number of benzene rings is 3. The Kier molecular flexibility index (Phi) is 6.91. The van der Waals surface area contributed by atoms with Gasteiger partial charge in [0.15, 0.2) is 5.82 Å². The molecule has 1 N–H and O–H groups in total. The van der Waals surface area contributed by atoms with Crippen molar-refractivity contribution in [2.24, 2.45) is 0 Å². The molecule has 0 fully saturated rings. The van der Waals surface area contributed by atoms with Crippen molar-refractivity contribution in [3.8, 4) is 0 Å². The van der Waals surface area contributed by atoms with Gasteiger partial charge in [0, 0.05) is 24.2 Å². The maximum absolute atomic E-state index is 13.7. The van der Waals surface area contributed by atoms with Crippen LogP contribution in [-0.2, 0) is 18.6 Å². The van der Waals surface area contributed by atoms with E-state index in [-0.39, 0.29) is 11.4 Å². The maximum Gasteiger partial charge on any atom is 0.253 e. The van der Waals surface area contributed by atoms with Crippen molar-refractivity contribution in [3.63, 3.8) is 0 Å². The van der Waals surface area contributed by atoms with Crippen molar-refractivity contribution in [2.45, 2.75) is 52.4 Å². The Hall–Kier alpha value is -4.17. The molecule has 0 amide bonds. The van der Waals surface area contributed by atoms with E-state index >= 15 is 0 Å². The van der Waals surface area contributed by atoms with E-state index < -0.39 is 11.6 Å². The number of aromatic amines is 1. The molecule has 0 saturated carbocycles. The van der Waals surface area contributed by atoms with Crippen LogP contribution in [0, 0.1) is 12.7 Å². The van der Waals surface area contributed by atoms with E-state index in [1.807, 2.05) is 70.2 Å². The predicted octanol–water partition coefficient (Wildman–Crippen LogP) is 5.51. The molecule has 2 heterocycles. The van der Waals surface area contributed by atoms with Gasteiger partial charge in [-0.1, -0.05) is 54.6 Å². The summed E-state index contributed by atoms with van der Waals surface area (Å²) in [6.45, 7) is 9.04. The van der Waals surface area contributed by atoms with Gasteiger partial charge < -0.3 is 4.98 Å². The normalized spacial score (nSPS) is 12.8. The molecule has 0 unspecified atom stereocenters. The van der Waals surface area contributed by atoms with Crippen LogP contribution in [0.1, 0.15) is 54.9 Å². The van der Waals surface area contributed by atoms with Crippen molar-refractivity contribution >= 4 is 10.9 Å². The number of nitrogens with zero attached hydrogens (tertiary/aromatic N) is 5. The first-order valence-corrected chi connectivity index (χ1v) is 12.6. The molecule has 38 heavy (non-hydrogen) atoms.